The molecule has 0 aromatic heterocycles. The predicted molar refractivity (Wildman–Crippen MR) is 24.5 cm³/mol. The molecule has 1 amide bonds. The van der Waals surface area contributed by atoms with E-state index in [1.54, 1.807) is 0 Å². The molecule has 0 aliphatic rings. The number of rotatable bonds is 1. The molecule has 0 bridgehead atoms. The van der Waals surface area contributed by atoms with Crippen LogP contribution in [0.5, 0.6) is 0 Å². The highest BCUT2D eigenvalue weighted by Crippen LogP contribution is 1.65. The van der Waals surface area contributed by atoms with Gasteiger partial charge in [0, 0.05) is 0 Å². The van der Waals surface area contributed by atoms with Crippen molar-refractivity contribution in [3.63, 3.8) is 0 Å². The van der Waals surface area contributed by atoms with Crippen LogP contribution in [-0.4, -0.2) is 13.2 Å². The van der Waals surface area contributed by atoms with Crippen LogP contribution in [0.4, 0.5) is 4.79 Å². The van der Waals surface area contributed by atoms with E-state index >= 15 is 0 Å². The van der Waals surface area contributed by atoms with E-state index in [1.807, 2.05) is 10.4 Å². The Balaban J connectivity index is 3.00. The lowest BCUT2D eigenvalue weighted by molar-refractivity contribution is 0.169. The summed E-state index contributed by atoms with van der Waals surface area (Å²) in [4.78, 5) is 11.8. The summed E-state index contributed by atoms with van der Waals surface area (Å²) in [6.07, 6.45) is -0.616. The van der Waals surface area contributed by atoms with Gasteiger partial charge in [0.1, 0.15) is 0 Å². The number of ether oxygens (including phenoxy) is 1. The summed E-state index contributed by atoms with van der Waals surface area (Å²) in [6.45, 7) is 0. The summed E-state index contributed by atoms with van der Waals surface area (Å²) in [5.74, 6) is 0. The van der Waals surface area contributed by atoms with Crippen molar-refractivity contribution in [2.75, 3.05) is 7.11 Å². The number of carbonyl (C=O) groups is 1. The average Bonchev–Trinajstić information content (AvgIpc) is 1.68. The zero-order valence-corrected chi connectivity index (χ0v) is 4.45. The second-order valence-electron chi connectivity index (χ2n) is 0.711. The molecule has 0 spiro atoms. The summed E-state index contributed by atoms with van der Waals surface area (Å²) >= 11 is 4.81. The van der Waals surface area contributed by atoms with Crippen molar-refractivity contribution in [2.24, 2.45) is 0 Å². The highest BCUT2D eigenvalue weighted by atomic mass is 35.5. The summed E-state index contributed by atoms with van der Waals surface area (Å²) in [7, 11) is 1.24. The topological polar surface area (TPSA) is 50.4 Å². The van der Waals surface area contributed by atoms with Crippen LogP contribution in [0.15, 0.2) is 0 Å². The van der Waals surface area contributed by atoms with Gasteiger partial charge in [0.25, 0.3) is 0 Å². The molecule has 0 aliphatic heterocycles. The van der Waals surface area contributed by atoms with E-state index in [2.05, 4.69) is 4.74 Å². The Kier molecular flexibility index (Phi) is 3.45. The Labute approximate surface area is 45.9 Å². The maximum absolute atomic E-state index is 9.93. The minimum atomic E-state index is -0.616. The fourth-order valence-corrected chi connectivity index (χ4v) is 0.167. The van der Waals surface area contributed by atoms with E-state index in [-0.39, 0.29) is 0 Å². The van der Waals surface area contributed by atoms with Crippen molar-refractivity contribution >= 4 is 17.9 Å². The molecule has 5 heteroatoms. The molecule has 7 heavy (non-hydrogen) atoms. The highest BCUT2D eigenvalue weighted by molar-refractivity contribution is 6.13. The van der Waals surface area contributed by atoms with E-state index in [9.17, 15) is 4.79 Å². The van der Waals surface area contributed by atoms with E-state index in [0.717, 1.165) is 0 Å². The summed E-state index contributed by atoms with van der Waals surface area (Å²) in [5, 5.41) is 0. The molecular formula is C2H5ClN2O2. The summed E-state index contributed by atoms with van der Waals surface area (Å²) in [6, 6.07) is 0. The van der Waals surface area contributed by atoms with Crippen LogP contribution in [-0.2, 0) is 4.74 Å². The molecule has 0 aromatic carbocycles. The first-order chi connectivity index (χ1) is 3.31. The van der Waals surface area contributed by atoms with Crippen molar-refractivity contribution in [3.05, 3.63) is 0 Å². The molecule has 42 valence electrons. The van der Waals surface area contributed by atoms with E-state index < -0.39 is 6.09 Å². The molecule has 4 nitrogen and oxygen atoms in total. The maximum atomic E-state index is 9.93. The van der Waals surface area contributed by atoms with Gasteiger partial charge in [-0.1, -0.05) is 0 Å². The van der Waals surface area contributed by atoms with Crippen LogP contribution in [0, 0.1) is 0 Å². The monoisotopic (exact) mass is 124 g/mol. The van der Waals surface area contributed by atoms with Crippen LogP contribution in [0.25, 0.3) is 0 Å². The van der Waals surface area contributed by atoms with Crippen molar-refractivity contribution in [2.45, 2.75) is 0 Å². The highest BCUT2D eigenvalue weighted by Gasteiger charge is 1.90. The Morgan fingerprint density at radius 1 is 1.86 bits per heavy atom. The second-order valence-corrected chi connectivity index (χ2v) is 0.900. The lowest BCUT2D eigenvalue weighted by atomic mass is 11.2. The standard InChI is InChI=1S/C2H5ClN2O2/c1-7-2(6)4-5-3/h5H,1H3,(H,4,6). The van der Waals surface area contributed by atoms with Gasteiger partial charge in [-0.2, -0.15) is 0 Å². The first-order valence-electron chi connectivity index (χ1n) is 1.51. The molecule has 0 unspecified atom stereocenters. The number of methoxy groups -OCH3 is 1. The largest absolute Gasteiger partial charge is 0.452 e. The van der Waals surface area contributed by atoms with Gasteiger partial charge >= 0.3 is 6.09 Å². The molecule has 0 heterocycles. The summed E-state index contributed by atoms with van der Waals surface area (Å²) in [5.41, 5.74) is 1.95. The van der Waals surface area contributed by atoms with Gasteiger partial charge in [-0.15, -0.1) is 4.94 Å². The smallest absolute Gasteiger partial charge is 0.422 e. The van der Waals surface area contributed by atoms with Gasteiger partial charge in [0.15, 0.2) is 0 Å². The molecule has 0 saturated carbocycles. The molecule has 0 saturated heterocycles. The maximum Gasteiger partial charge on any atom is 0.422 e. The van der Waals surface area contributed by atoms with Crippen LogP contribution in [0.3, 0.4) is 0 Å². The van der Waals surface area contributed by atoms with E-state index in [4.69, 9.17) is 11.8 Å². The lowest BCUT2D eigenvalue weighted by Crippen LogP contribution is -2.30. The zero-order valence-electron chi connectivity index (χ0n) is 3.69. The van der Waals surface area contributed by atoms with Gasteiger partial charge in [0.2, 0.25) is 0 Å². The lowest BCUT2D eigenvalue weighted by Gasteiger charge is -1.94. The quantitative estimate of drug-likeness (QED) is 0.382. The molecule has 0 fully saturated rings. The first kappa shape index (κ1) is 6.52. The molecule has 0 atom stereocenters. The third-order valence-corrected chi connectivity index (χ3v) is 0.429. The summed E-state index contributed by atoms with van der Waals surface area (Å²) < 4.78 is 4.09. The Hall–Kier alpha value is -0.480. The fourth-order valence-electron chi connectivity index (χ4n) is 0.0896. The van der Waals surface area contributed by atoms with Crippen LogP contribution >= 0.6 is 11.8 Å². The van der Waals surface area contributed by atoms with E-state index in [0.29, 0.717) is 0 Å². The molecular weight excluding hydrogens is 119 g/mol. The average molecular weight is 125 g/mol. The normalized spacial score (nSPS) is 7.71. The second kappa shape index (κ2) is 3.70. The Morgan fingerprint density at radius 2 is 2.43 bits per heavy atom. The van der Waals surface area contributed by atoms with Gasteiger partial charge in [-0.3, -0.25) is 0 Å². The molecule has 0 radical (unpaired) electrons. The van der Waals surface area contributed by atoms with E-state index in [1.165, 1.54) is 7.11 Å². The number of nitrogens with one attached hydrogen (secondary N) is 2. The van der Waals surface area contributed by atoms with Gasteiger partial charge in [0.05, 0.1) is 7.11 Å². The zero-order chi connectivity index (χ0) is 5.70. The molecule has 2 N–H and O–H groups in total. The minimum Gasteiger partial charge on any atom is -0.452 e. The van der Waals surface area contributed by atoms with Crippen LogP contribution in [0.2, 0.25) is 0 Å². The van der Waals surface area contributed by atoms with Crippen molar-refractivity contribution < 1.29 is 9.53 Å². The van der Waals surface area contributed by atoms with Gasteiger partial charge in [-0.25, -0.2) is 10.2 Å². The number of hydrazine groups is 1. The van der Waals surface area contributed by atoms with Crippen molar-refractivity contribution in [1.82, 2.24) is 10.4 Å². The van der Waals surface area contributed by atoms with Crippen molar-refractivity contribution in [1.29, 1.82) is 0 Å². The first-order valence-corrected chi connectivity index (χ1v) is 1.88. The number of halogens is 1. The number of hydrogen-bond donors (Lipinski definition) is 2. The fraction of sp³-hybridized carbons (Fsp3) is 0.500. The van der Waals surface area contributed by atoms with Crippen LogP contribution < -0.4 is 10.4 Å². The predicted octanol–water partition coefficient (Wildman–Crippen LogP) is 0.000800. The molecule has 0 aromatic rings. The van der Waals surface area contributed by atoms with Gasteiger partial charge < -0.3 is 4.74 Å². The number of hydrogen-bond acceptors (Lipinski definition) is 3. The Bertz CT molecular complexity index is 66.7. The third kappa shape index (κ3) is 3.35. The number of amides is 1. The van der Waals surface area contributed by atoms with Gasteiger partial charge in [-0.05, 0) is 11.8 Å². The number of carbonyl (C=O) groups excluding carboxylic acids is 1. The Morgan fingerprint density at radius 3 is 2.57 bits per heavy atom. The molecule has 0 aliphatic carbocycles. The SMILES string of the molecule is COC(=O)NNCl. The minimum absolute atomic E-state index is 0.616. The third-order valence-electron chi connectivity index (χ3n) is 0.335. The van der Waals surface area contributed by atoms with Crippen LogP contribution in [0.1, 0.15) is 0 Å². The van der Waals surface area contributed by atoms with Crippen molar-refractivity contribution in [3.8, 4) is 0 Å². The molecule has 0 rings (SSSR count).